The Kier molecular flexibility index (Phi) is 6.18. The van der Waals surface area contributed by atoms with Crippen LogP contribution in [0.15, 0.2) is 52.2 Å². The van der Waals surface area contributed by atoms with Crippen LogP contribution in [0.4, 0.5) is 0 Å². The Morgan fingerprint density at radius 1 is 1.00 bits per heavy atom. The topological polar surface area (TPSA) is 126 Å². The molecule has 2 heterocycles. The normalized spacial score (nSPS) is 10.7. The molecule has 0 saturated carbocycles. The zero-order valence-corrected chi connectivity index (χ0v) is 15.9. The number of benzene rings is 1. The first-order valence-corrected chi connectivity index (χ1v) is 9.31. The van der Waals surface area contributed by atoms with Gasteiger partial charge in [0.2, 0.25) is 0 Å². The summed E-state index contributed by atoms with van der Waals surface area (Å²) in [4.78, 5) is 51.5. The minimum absolute atomic E-state index is 0.0129. The van der Waals surface area contributed by atoms with Crippen LogP contribution < -0.4 is 22.0 Å². The average Bonchev–Trinajstić information content (AvgIpc) is 2.74. The summed E-state index contributed by atoms with van der Waals surface area (Å²) in [5.41, 5.74) is 3.49. The van der Waals surface area contributed by atoms with Gasteiger partial charge in [0.1, 0.15) is 5.56 Å². The monoisotopic (exact) mass is 395 g/mol. The summed E-state index contributed by atoms with van der Waals surface area (Å²) in [6.07, 6.45) is 4.08. The predicted octanol–water partition coefficient (Wildman–Crippen LogP) is 1.35. The minimum atomic E-state index is -0.763. The first kappa shape index (κ1) is 20.0. The highest BCUT2D eigenvalue weighted by molar-refractivity contribution is 6.05. The lowest BCUT2D eigenvalue weighted by Crippen LogP contribution is -2.44. The van der Waals surface area contributed by atoms with Gasteiger partial charge in [0.25, 0.3) is 22.9 Å². The number of nitrogens with one attached hydrogen (secondary N) is 3. The maximum Gasteiger partial charge on any atom is 0.290 e. The van der Waals surface area contributed by atoms with Crippen LogP contribution in [-0.4, -0.2) is 26.6 Å². The third-order valence-electron chi connectivity index (χ3n) is 4.41. The number of fused-ring (bicyclic) bond motifs is 1. The summed E-state index contributed by atoms with van der Waals surface area (Å²) in [5, 5.41) is 4.97. The van der Waals surface area contributed by atoms with E-state index in [1.54, 1.807) is 24.3 Å². The summed E-state index contributed by atoms with van der Waals surface area (Å²) in [6, 6.07) is 9.50. The van der Waals surface area contributed by atoms with Crippen molar-refractivity contribution in [1.29, 1.82) is 0 Å². The lowest BCUT2D eigenvalue weighted by atomic mass is 10.1. The Bertz CT molecular complexity index is 1170. The van der Waals surface area contributed by atoms with Gasteiger partial charge in [-0.05, 0) is 24.6 Å². The smallest absolute Gasteiger partial charge is 0.290 e. The van der Waals surface area contributed by atoms with E-state index in [-0.39, 0.29) is 16.8 Å². The zero-order chi connectivity index (χ0) is 20.8. The molecule has 0 saturated heterocycles. The molecule has 3 rings (SSSR count). The van der Waals surface area contributed by atoms with Crippen LogP contribution in [0.1, 0.15) is 47.0 Å². The molecule has 0 fully saturated rings. The van der Waals surface area contributed by atoms with Crippen LogP contribution in [0.25, 0.3) is 10.8 Å². The van der Waals surface area contributed by atoms with E-state index in [9.17, 15) is 19.2 Å². The Morgan fingerprint density at radius 3 is 2.45 bits per heavy atom. The van der Waals surface area contributed by atoms with Crippen molar-refractivity contribution >= 4 is 22.6 Å². The van der Waals surface area contributed by atoms with Gasteiger partial charge in [0, 0.05) is 18.1 Å². The Labute approximate surface area is 165 Å². The molecule has 0 radical (unpaired) electrons. The van der Waals surface area contributed by atoms with Gasteiger partial charge in [-0.25, -0.2) is 4.68 Å². The van der Waals surface area contributed by atoms with Crippen molar-refractivity contribution in [3.63, 3.8) is 0 Å². The summed E-state index contributed by atoms with van der Waals surface area (Å²) < 4.78 is 1.27. The van der Waals surface area contributed by atoms with Crippen LogP contribution in [-0.2, 0) is 6.54 Å². The van der Waals surface area contributed by atoms with Crippen LogP contribution in [0.3, 0.4) is 0 Å². The number of pyridine rings is 1. The van der Waals surface area contributed by atoms with E-state index in [2.05, 4.69) is 27.9 Å². The van der Waals surface area contributed by atoms with Crippen molar-refractivity contribution < 1.29 is 9.59 Å². The van der Waals surface area contributed by atoms with E-state index in [0.717, 1.165) is 19.3 Å². The Morgan fingerprint density at radius 2 is 1.72 bits per heavy atom. The van der Waals surface area contributed by atoms with Crippen molar-refractivity contribution in [2.45, 2.75) is 32.7 Å². The van der Waals surface area contributed by atoms with E-state index in [1.165, 1.54) is 23.0 Å². The number of aryl methyl sites for hydroxylation is 1. The standard InChI is InChI=1S/C20H21N5O4/c1-2-3-6-12-25-20(29)14-9-5-4-8-13(14)16(24-25)19(28)23-22-18(27)15-10-7-11-21-17(15)26/h4-5,7-11H,2-3,6,12H2,1H3,(H,21,26)(H,22,27)(H,23,28). The van der Waals surface area contributed by atoms with Crippen LogP contribution in [0.2, 0.25) is 0 Å². The van der Waals surface area contributed by atoms with Crippen LogP contribution >= 0.6 is 0 Å². The van der Waals surface area contributed by atoms with E-state index in [1.807, 2.05) is 0 Å². The molecule has 0 atom stereocenters. The number of aromatic amines is 1. The van der Waals surface area contributed by atoms with Gasteiger partial charge >= 0.3 is 0 Å². The molecule has 0 aliphatic carbocycles. The molecule has 29 heavy (non-hydrogen) atoms. The highest BCUT2D eigenvalue weighted by Crippen LogP contribution is 2.13. The van der Waals surface area contributed by atoms with E-state index in [4.69, 9.17) is 0 Å². The molecule has 0 unspecified atom stereocenters. The fourth-order valence-corrected chi connectivity index (χ4v) is 2.91. The number of carbonyl (C=O) groups is 2. The molecule has 0 aliphatic rings. The fourth-order valence-electron chi connectivity index (χ4n) is 2.91. The number of amides is 2. The molecule has 9 nitrogen and oxygen atoms in total. The number of rotatable bonds is 6. The molecule has 0 spiro atoms. The second-order valence-corrected chi connectivity index (χ2v) is 6.45. The van der Waals surface area contributed by atoms with Crippen molar-refractivity contribution in [3.8, 4) is 0 Å². The van der Waals surface area contributed by atoms with Gasteiger partial charge in [-0.15, -0.1) is 0 Å². The number of unbranched alkanes of at least 4 members (excludes halogenated alkanes) is 2. The molecule has 2 aromatic heterocycles. The zero-order valence-electron chi connectivity index (χ0n) is 15.9. The maximum atomic E-state index is 12.7. The van der Waals surface area contributed by atoms with E-state index in [0.29, 0.717) is 17.3 Å². The van der Waals surface area contributed by atoms with Crippen molar-refractivity contribution in [3.05, 3.63) is 74.6 Å². The van der Waals surface area contributed by atoms with Crippen molar-refractivity contribution in [2.75, 3.05) is 0 Å². The maximum absolute atomic E-state index is 12.7. The summed E-state index contributed by atoms with van der Waals surface area (Å²) in [7, 11) is 0. The van der Waals surface area contributed by atoms with Gasteiger partial charge in [0.15, 0.2) is 5.69 Å². The number of nitrogens with zero attached hydrogens (tertiary/aromatic N) is 2. The van der Waals surface area contributed by atoms with E-state index >= 15 is 0 Å². The molecule has 9 heteroatoms. The van der Waals surface area contributed by atoms with Crippen molar-refractivity contribution in [2.24, 2.45) is 0 Å². The second-order valence-electron chi connectivity index (χ2n) is 6.45. The lowest BCUT2D eigenvalue weighted by molar-refractivity contribution is 0.0842. The largest absolute Gasteiger partial charge is 0.328 e. The third-order valence-corrected chi connectivity index (χ3v) is 4.41. The highest BCUT2D eigenvalue weighted by Gasteiger charge is 2.18. The first-order valence-electron chi connectivity index (χ1n) is 9.31. The summed E-state index contributed by atoms with van der Waals surface area (Å²) in [6.45, 7) is 2.44. The minimum Gasteiger partial charge on any atom is -0.328 e. The molecule has 3 aromatic rings. The number of H-pyrrole nitrogens is 1. The summed E-state index contributed by atoms with van der Waals surface area (Å²) in [5.74, 6) is -1.45. The van der Waals surface area contributed by atoms with Gasteiger partial charge < -0.3 is 4.98 Å². The molecule has 150 valence electrons. The quantitative estimate of drug-likeness (QED) is 0.429. The van der Waals surface area contributed by atoms with E-state index < -0.39 is 17.4 Å². The SMILES string of the molecule is CCCCCn1nc(C(=O)NNC(=O)c2ccc[nH]c2=O)c2ccccc2c1=O. The molecule has 2 amide bonds. The number of hydrogen-bond donors (Lipinski definition) is 3. The third kappa shape index (κ3) is 4.40. The molecule has 3 N–H and O–H groups in total. The molecular weight excluding hydrogens is 374 g/mol. The number of aromatic nitrogens is 3. The Hall–Kier alpha value is -3.75. The highest BCUT2D eigenvalue weighted by atomic mass is 16.2. The van der Waals surface area contributed by atoms with Gasteiger partial charge in [-0.3, -0.25) is 30.0 Å². The molecular formula is C20H21N5O4. The van der Waals surface area contributed by atoms with Gasteiger partial charge in [0.05, 0.1) is 5.39 Å². The van der Waals surface area contributed by atoms with Crippen molar-refractivity contribution in [1.82, 2.24) is 25.6 Å². The Balaban J connectivity index is 1.87. The lowest BCUT2D eigenvalue weighted by Gasteiger charge is -2.11. The van der Waals surface area contributed by atoms with Crippen LogP contribution in [0, 0.1) is 0 Å². The second kappa shape index (κ2) is 8.96. The number of hydrazine groups is 1. The first-order chi connectivity index (χ1) is 14.0. The molecule has 0 bridgehead atoms. The summed E-state index contributed by atoms with van der Waals surface area (Å²) >= 11 is 0. The van der Waals surface area contributed by atoms with Gasteiger partial charge in [-0.2, -0.15) is 5.10 Å². The molecule has 1 aromatic carbocycles. The predicted molar refractivity (Wildman–Crippen MR) is 108 cm³/mol. The fraction of sp³-hybridized carbons (Fsp3) is 0.250. The van der Waals surface area contributed by atoms with Gasteiger partial charge in [-0.1, -0.05) is 38.0 Å². The number of carbonyl (C=O) groups excluding carboxylic acids is 2. The van der Waals surface area contributed by atoms with Crippen LogP contribution in [0.5, 0.6) is 0 Å². The molecule has 0 aliphatic heterocycles. The average molecular weight is 395 g/mol. The number of hydrogen-bond acceptors (Lipinski definition) is 5.